The second-order valence-corrected chi connectivity index (χ2v) is 6.47. The number of rotatable bonds is 2. The van der Waals surface area contributed by atoms with E-state index in [1.54, 1.807) is 11.3 Å². The van der Waals surface area contributed by atoms with Crippen LogP contribution < -0.4 is 10.3 Å². The van der Waals surface area contributed by atoms with Crippen molar-refractivity contribution in [2.75, 3.05) is 31.1 Å². The Morgan fingerprint density at radius 1 is 1.10 bits per heavy atom. The summed E-state index contributed by atoms with van der Waals surface area (Å²) in [7, 11) is 0. The molecule has 1 aliphatic heterocycles. The van der Waals surface area contributed by atoms with E-state index in [4.69, 9.17) is 0 Å². The standard InChI is InChI=1S/C16H20N2OS/c1-12(2)17-7-9-18(10-8-17)14-11-20-15-6-4-3-5-13(15)16(14)19/h3-6,11-12H,7-10H2,1-2H3. The first-order valence-electron chi connectivity index (χ1n) is 7.16. The molecule has 1 saturated heterocycles. The Balaban J connectivity index is 1.89. The lowest BCUT2D eigenvalue weighted by Gasteiger charge is -2.37. The molecule has 1 aromatic heterocycles. The number of hydrogen-bond acceptors (Lipinski definition) is 4. The fourth-order valence-corrected chi connectivity index (χ4v) is 3.70. The third-order valence-electron chi connectivity index (χ3n) is 4.05. The van der Waals surface area contributed by atoms with Crippen LogP contribution in [0.1, 0.15) is 13.8 Å². The van der Waals surface area contributed by atoms with Gasteiger partial charge in [0.15, 0.2) is 0 Å². The van der Waals surface area contributed by atoms with Crippen LogP contribution in [0.3, 0.4) is 0 Å². The van der Waals surface area contributed by atoms with Crippen LogP contribution in [-0.4, -0.2) is 37.1 Å². The van der Waals surface area contributed by atoms with Crippen LogP contribution in [0.2, 0.25) is 0 Å². The molecule has 3 rings (SSSR count). The SMILES string of the molecule is CC(C)N1CCN(c2csc3ccccc3c2=O)CC1. The van der Waals surface area contributed by atoms with Gasteiger partial charge in [-0.05, 0) is 26.0 Å². The van der Waals surface area contributed by atoms with Crippen LogP contribution in [0.15, 0.2) is 34.4 Å². The Morgan fingerprint density at radius 3 is 2.50 bits per heavy atom. The van der Waals surface area contributed by atoms with Crippen molar-refractivity contribution in [3.8, 4) is 0 Å². The highest BCUT2D eigenvalue weighted by Crippen LogP contribution is 2.22. The second-order valence-electron chi connectivity index (χ2n) is 5.56. The smallest absolute Gasteiger partial charge is 0.211 e. The number of benzene rings is 1. The average Bonchev–Trinajstić information content (AvgIpc) is 2.48. The topological polar surface area (TPSA) is 23.6 Å². The third-order valence-corrected chi connectivity index (χ3v) is 5.00. The van der Waals surface area contributed by atoms with E-state index in [-0.39, 0.29) is 5.43 Å². The Morgan fingerprint density at radius 2 is 1.80 bits per heavy atom. The molecular weight excluding hydrogens is 268 g/mol. The van der Waals surface area contributed by atoms with E-state index in [9.17, 15) is 4.79 Å². The van der Waals surface area contributed by atoms with Crippen LogP contribution in [0, 0.1) is 0 Å². The molecule has 3 nitrogen and oxygen atoms in total. The molecule has 0 atom stereocenters. The number of hydrogen-bond donors (Lipinski definition) is 0. The average molecular weight is 288 g/mol. The highest BCUT2D eigenvalue weighted by atomic mass is 32.1. The van der Waals surface area contributed by atoms with E-state index < -0.39 is 0 Å². The molecule has 4 heteroatoms. The first-order chi connectivity index (χ1) is 9.66. The highest BCUT2D eigenvalue weighted by Gasteiger charge is 2.21. The first-order valence-corrected chi connectivity index (χ1v) is 8.04. The van der Waals surface area contributed by atoms with Gasteiger partial charge in [-0.1, -0.05) is 12.1 Å². The van der Waals surface area contributed by atoms with Gasteiger partial charge in [0.2, 0.25) is 5.43 Å². The Kier molecular flexibility index (Phi) is 3.76. The zero-order chi connectivity index (χ0) is 14.1. The molecule has 0 bridgehead atoms. The molecule has 1 aromatic carbocycles. The number of piperazine rings is 1. The summed E-state index contributed by atoms with van der Waals surface area (Å²) >= 11 is 1.66. The summed E-state index contributed by atoms with van der Waals surface area (Å²) in [6.45, 7) is 8.42. The lowest BCUT2D eigenvalue weighted by atomic mass is 10.2. The van der Waals surface area contributed by atoms with Gasteiger partial charge in [-0.25, -0.2) is 0 Å². The fraction of sp³-hybridized carbons (Fsp3) is 0.438. The van der Waals surface area contributed by atoms with Crippen LogP contribution in [0.25, 0.3) is 10.1 Å². The minimum atomic E-state index is 0.178. The van der Waals surface area contributed by atoms with Crippen molar-refractivity contribution in [1.29, 1.82) is 0 Å². The molecular formula is C16H20N2OS. The molecule has 0 saturated carbocycles. The van der Waals surface area contributed by atoms with Crippen LogP contribution in [0.4, 0.5) is 5.69 Å². The lowest BCUT2D eigenvalue weighted by Crippen LogP contribution is -2.49. The van der Waals surface area contributed by atoms with Gasteiger partial charge in [-0.3, -0.25) is 9.69 Å². The van der Waals surface area contributed by atoms with Gasteiger partial charge >= 0.3 is 0 Å². The summed E-state index contributed by atoms with van der Waals surface area (Å²) in [6, 6.07) is 8.46. The maximum Gasteiger partial charge on any atom is 0.211 e. The van der Waals surface area contributed by atoms with Crippen molar-refractivity contribution in [3.63, 3.8) is 0 Å². The summed E-state index contributed by atoms with van der Waals surface area (Å²) in [5, 5.41) is 2.87. The van der Waals surface area contributed by atoms with Gasteiger partial charge in [-0.2, -0.15) is 0 Å². The lowest BCUT2D eigenvalue weighted by molar-refractivity contribution is 0.209. The molecule has 106 valence electrons. The quantitative estimate of drug-likeness (QED) is 0.849. The molecule has 0 aliphatic carbocycles. The summed E-state index contributed by atoms with van der Waals surface area (Å²) in [6.07, 6.45) is 0. The number of nitrogens with zero attached hydrogens (tertiary/aromatic N) is 2. The maximum atomic E-state index is 12.6. The molecule has 20 heavy (non-hydrogen) atoms. The molecule has 2 heterocycles. The van der Waals surface area contributed by atoms with Gasteiger partial charge in [0.05, 0.1) is 5.69 Å². The van der Waals surface area contributed by atoms with Crippen LogP contribution in [0.5, 0.6) is 0 Å². The fourth-order valence-electron chi connectivity index (χ4n) is 2.77. The van der Waals surface area contributed by atoms with Crippen molar-refractivity contribution in [1.82, 2.24) is 4.90 Å². The largest absolute Gasteiger partial charge is 0.365 e. The maximum absolute atomic E-state index is 12.6. The molecule has 0 N–H and O–H groups in total. The highest BCUT2D eigenvalue weighted by molar-refractivity contribution is 7.16. The monoisotopic (exact) mass is 288 g/mol. The Bertz CT molecular complexity index is 657. The second kappa shape index (κ2) is 5.54. The molecule has 1 fully saturated rings. The van der Waals surface area contributed by atoms with E-state index in [2.05, 4.69) is 23.6 Å². The summed E-state index contributed by atoms with van der Waals surface area (Å²) in [5.74, 6) is 0. The molecule has 1 aliphatic rings. The van der Waals surface area contributed by atoms with Gasteiger partial charge in [0, 0.05) is 47.7 Å². The summed E-state index contributed by atoms with van der Waals surface area (Å²) < 4.78 is 1.07. The van der Waals surface area contributed by atoms with Crippen molar-refractivity contribution in [2.24, 2.45) is 0 Å². The van der Waals surface area contributed by atoms with Crippen molar-refractivity contribution in [3.05, 3.63) is 39.9 Å². The van der Waals surface area contributed by atoms with Crippen molar-refractivity contribution in [2.45, 2.75) is 19.9 Å². The van der Waals surface area contributed by atoms with E-state index in [1.807, 2.05) is 29.6 Å². The number of anilines is 1. The van der Waals surface area contributed by atoms with Gasteiger partial charge in [0.25, 0.3) is 0 Å². The van der Waals surface area contributed by atoms with Crippen molar-refractivity contribution >= 4 is 27.1 Å². The molecule has 0 unspecified atom stereocenters. The van der Waals surface area contributed by atoms with E-state index in [1.165, 1.54) is 0 Å². The molecule has 2 aromatic rings. The van der Waals surface area contributed by atoms with E-state index >= 15 is 0 Å². The van der Waals surface area contributed by atoms with Gasteiger partial charge in [-0.15, -0.1) is 11.3 Å². The van der Waals surface area contributed by atoms with Gasteiger partial charge < -0.3 is 4.90 Å². The molecule has 0 radical (unpaired) electrons. The van der Waals surface area contributed by atoms with Crippen LogP contribution in [-0.2, 0) is 0 Å². The van der Waals surface area contributed by atoms with E-state index in [0.717, 1.165) is 42.0 Å². The normalized spacial score (nSPS) is 17.1. The molecule has 0 spiro atoms. The predicted octanol–water partition coefficient (Wildman–Crippen LogP) is 2.79. The Hall–Kier alpha value is -1.39. The first kappa shape index (κ1) is 13.6. The summed E-state index contributed by atoms with van der Waals surface area (Å²) in [4.78, 5) is 17.3. The zero-order valence-electron chi connectivity index (χ0n) is 12.0. The zero-order valence-corrected chi connectivity index (χ0v) is 12.8. The van der Waals surface area contributed by atoms with Crippen LogP contribution >= 0.6 is 11.3 Å². The molecule has 0 amide bonds. The van der Waals surface area contributed by atoms with E-state index in [0.29, 0.717) is 6.04 Å². The summed E-state index contributed by atoms with van der Waals surface area (Å²) in [5.41, 5.74) is 1.05. The number of fused-ring (bicyclic) bond motifs is 1. The van der Waals surface area contributed by atoms with Gasteiger partial charge in [0.1, 0.15) is 0 Å². The van der Waals surface area contributed by atoms with Crippen molar-refractivity contribution < 1.29 is 0 Å². The Labute approximate surface area is 123 Å². The minimum absolute atomic E-state index is 0.178. The predicted molar refractivity (Wildman–Crippen MR) is 87.0 cm³/mol. The minimum Gasteiger partial charge on any atom is -0.365 e. The third kappa shape index (κ3) is 2.45.